The van der Waals surface area contributed by atoms with Gasteiger partial charge in [0.05, 0.1) is 13.5 Å². The van der Waals surface area contributed by atoms with Crippen LogP contribution in [-0.4, -0.2) is 42.5 Å². The van der Waals surface area contributed by atoms with Crippen molar-refractivity contribution in [2.75, 3.05) is 20.7 Å². The van der Waals surface area contributed by atoms with Gasteiger partial charge >= 0.3 is 5.97 Å². The number of ether oxygens (including phenoxy) is 1. The summed E-state index contributed by atoms with van der Waals surface area (Å²) in [5, 5.41) is 0. The average Bonchev–Trinajstić information content (AvgIpc) is 2.30. The Labute approximate surface area is 94.0 Å². The molecule has 0 saturated heterocycles. The number of amides is 1. The monoisotopic (exact) mass is 222 g/mol. The number of nitrogens with zero attached hydrogens (tertiary/aromatic N) is 2. The number of aromatic nitrogens is 1. The van der Waals surface area contributed by atoms with Gasteiger partial charge in [-0.15, -0.1) is 0 Å². The SMILES string of the molecule is COC(=O)CN(C)C(=O)Cc1cccnc1. The number of carbonyl (C=O) groups excluding carboxylic acids is 2. The molecule has 1 aromatic heterocycles. The molecule has 0 spiro atoms. The first-order valence-corrected chi connectivity index (χ1v) is 4.83. The van der Waals surface area contributed by atoms with Gasteiger partial charge in [-0.2, -0.15) is 0 Å². The van der Waals surface area contributed by atoms with Crippen LogP contribution in [0.3, 0.4) is 0 Å². The highest BCUT2D eigenvalue weighted by Crippen LogP contribution is 2.00. The van der Waals surface area contributed by atoms with Crippen molar-refractivity contribution >= 4 is 11.9 Å². The normalized spacial score (nSPS) is 9.62. The van der Waals surface area contributed by atoms with E-state index >= 15 is 0 Å². The van der Waals surface area contributed by atoms with Gasteiger partial charge in [-0.3, -0.25) is 14.6 Å². The highest BCUT2D eigenvalue weighted by molar-refractivity contribution is 5.83. The lowest BCUT2D eigenvalue weighted by Crippen LogP contribution is -2.33. The number of likely N-dealkylation sites (N-methyl/N-ethyl adjacent to an activating group) is 1. The third-order valence-electron chi connectivity index (χ3n) is 2.10. The van der Waals surface area contributed by atoms with E-state index in [9.17, 15) is 9.59 Å². The Morgan fingerprint density at radius 2 is 2.25 bits per heavy atom. The molecule has 0 N–H and O–H groups in total. The summed E-state index contributed by atoms with van der Waals surface area (Å²) in [6.45, 7) is -0.0321. The minimum Gasteiger partial charge on any atom is -0.468 e. The molecular formula is C11H14N2O3. The Morgan fingerprint density at radius 1 is 1.50 bits per heavy atom. The second-order valence-corrected chi connectivity index (χ2v) is 3.36. The number of rotatable bonds is 4. The van der Waals surface area contributed by atoms with E-state index in [-0.39, 0.29) is 18.9 Å². The van der Waals surface area contributed by atoms with Crippen molar-refractivity contribution in [1.29, 1.82) is 0 Å². The first kappa shape index (κ1) is 12.2. The van der Waals surface area contributed by atoms with Gasteiger partial charge in [-0.25, -0.2) is 0 Å². The van der Waals surface area contributed by atoms with Crippen LogP contribution in [0.2, 0.25) is 0 Å². The molecule has 0 saturated carbocycles. The first-order valence-electron chi connectivity index (χ1n) is 4.83. The van der Waals surface area contributed by atoms with Crippen LogP contribution in [0.25, 0.3) is 0 Å². The van der Waals surface area contributed by atoms with Crippen LogP contribution in [0.4, 0.5) is 0 Å². The summed E-state index contributed by atoms with van der Waals surface area (Å²) < 4.78 is 4.48. The predicted molar refractivity (Wildman–Crippen MR) is 57.6 cm³/mol. The largest absolute Gasteiger partial charge is 0.468 e. The van der Waals surface area contributed by atoms with Crippen molar-refractivity contribution in [2.45, 2.75) is 6.42 Å². The van der Waals surface area contributed by atoms with E-state index in [2.05, 4.69) is 9.72 Å². The Hall–Kier alpha value is -1.91. The van der Waals surface area contributed by atoms with Crippen molar-refractivity contribution in [3.63, 3.8) is 0 Å². The van der Waals surface area contributed by atoms with Crippen LogP contribution in [0.1, 0.15) is 5.56 Å². The fourth-order valence-corrected chi connectivity index (χ4v) is 1.16. The molecule has 0 aromatic carbocycles. The molecule has 0 aliphatic rings. The molecule has 16 heavy (non-hydrogen) atoms. The molecule has 0 radical (unpaired) electrons. The number of methoxy groups -OCH3 is 1. The molecule has 5 heteroatoms. The fourth-order valence-electron chi connectivity index (χ4n) is 1.16. The number of carbonyl (C=O) groups is 2. The zero-order chi connectivity index (χ0) is 12.0. The highest BCUT2D eigenvalue weighted by atomic mass is 16.5. The summed E-state index contributed by atoms with van der Waals surface area (Å²) in [5.41, 5.74) is 0.823. The van der Waals surface area contributed by atoms with Crippen molar-refractivity contribution in [1.82, 2.24) is 9.88 Å². The number of hydrogen-bond donors (Lipinski definition) is 0. The lowest BCUT2D eigenvalue weighted by atomic mass is 10.2. The van der Waals surface area contributed by atoms with Crippen LogP contribution in [0, 0.1) is 0 Å². The molecular weight excluding hydrogens is 208 g/mol. The van der Waals surface area contributed by atoms with Gasteiger partial charge in [-0.1, -0.05) is 6.07 Å². The molecule has 1 heterocycles. The van der Waals surface area contributed by atoms with Crippen LogP contribution in [0.15, 0.2) is 24.5 Å². The molecule has 1 aromatic rings. The molecule has 1 rings (SSSR count). The Morgan fingerprint density at radius 3 is 2.81 bits per heavy atom. The van der Waals surface area contributed by atoms with E-state index in [0.717, 1.165) is 5.56 Å². The summed E-state index contributed by atoms with van der Waals surface area (Å²) >= 11 is 0. The fraction of sp³-hybridized carbons (Fsp3) is 0.364. The molecule has 1 amide bonds. The van der Waals surface area contributed by atoms with Crippen molar-refractivity contribution in [3.05, 3.63) is 30.1 Å². The highest BCUT2D eigenvalue weighted by Gasteiger charge is 2.13. The average molecular weight is 222 g/mol. The van der Waals surface area contributed by atoms with Gasteiger partial charge in [0.25, 0.3) is 0 Å². The van der Waals surface area contributed by atoms with Gasteiger partial charge in [0.1, 0.15) is 6.54 Å². The Kier molecular flexibility index (Phi) is 4.44. The van der Waals surface area contributed by atoms with E-state index < -0.39 is 5.97 Å². The van der Waals surface area contributed by atoms with Crippen LogP contribution < -0.4 is 0 Å². The molecule has 0 bridgehead atoms. The van der Waals surface area contributed by atoms with Crippen molar-refractivity contribution in [2.24, 2.45) is 0 Å². The van der Waals surface area contributed by atoms with Crippen LogP contribution in [-0.2, 0) is 20.7 Å². The standard InChI is InChI=1S/C11H14N2O3/c1-13(8-11(15)16-2)10(14)6-9-4-3-5-12-7-9/h3-5,7H,6,8H2,1-2H3. The summed E-state index contributed by atoms with van der Waals surface area (Å²) in [4.78, 5) is 27.8. The zero-order valence-electron chi connectivity index (χ0n) is 9.34. The Balaban J connectivity index is 2.49. The van der Waals surface area contributed by atoms with E-state index in [1.54, 1.807) is 25.5 Å². The molecule has 0 aliphatic carbocycles. The minimum absolute atomic E-state index is 0.0321. The van der Waals surface area contributed by atoms with Crippen molar-refractivity contribution in [3.8, 4) is 0 Å². The molecule has 0 atom stereocenters. The van der Waals surface area contributed by atoms with Crippen LogP contribution >= 0.6 is 0 Å². The zero-order valence-corrected chi connectivity index (χ0v) is 9.34. The molecule has 0 aliphatic heterocycles. The quantitative estimate of drug-likeness (QED) is 0.685. The van der Waals surface area contributed by atoms with E-state index in [1.807, 2.05) is 6.07 Å². The lowest BCUT2D eigenvalue weighted by Gasteiger charge is -2.15. The maximum atomic E-state index is 11.7. The number of hydrogen-bond acceptors (Lipinski definition) is 4. The van der Waals surface area contributed by atoms with E-state index in [0.29, 0.717) is 0 Å². The van der Waals surface area contributed by atoms with Gasteiger partial charge in [0.15, 0.2) is 0 Å². The number of esters is 1. The lowest BCUT2D eigenvalue weighted by molar-refractivity contribution is -0.145. The third-order valence-corrected chi connectivity index (χ3v) is 2.10. The van der Waals surface area contributed by atoms with E-state index in [1.165, 1.54) is 12.0 Å². The van der Waals surface area contributed by atoms with Gasteiger partial charge in [0.2, 0.25) is 5.91 Å². The Bertz CT molecular complexity index is 365. The van der Waals surface area contributed by atoms with E-state index in [4.69, 9.17) is 0 Å². The topological polar surface area (TPSA) is 59.5 Å². The van der Waals surface area contributed by atoms with Gasteiger partial charge in [0, 0.05) is 19.4 Å². The molecule has 86 valence electrons. The summed E-state index contributed by atoms with van der Waals surface area (Å²) in [6, 6.07) is 3.58. The maximum absolute atomic E-state index is 11.7. The van der Waals surface area contributed by atoms with Crippen LogP contribution in [0.5, 0.6) is 0 Å². The summed E-state index contributed by atoms with van der Waals surface area (Å²) in [5.74, 6) is -0.569. The summed E-state index contributed by atoms with van der Waals surface area (Å²) in [7, 11) is 2.86. The maximum Gasteiger partial charge on any atom is 0.325 e. The second-order valence-electron chi connectivity index (χ2n) is 3.36. The van der Waals surface area contributed by atoms with Gasteiger partial charge < -0.3 is 9.64 Å². The van der Waals surface area contributed by atoms with Crippen molar-refractivity contribution < 1.29 is 14.3 Å². The molecule has 0 unspecified atom stereocenters. The number of pyridine rings is 1. The first-order chi connectivity index (χ1) is 7.63. The summed E-state index contributed by atoms with van der Waals surface area (Å²) in [6.07, 6.45) is 3.51. The third kappa shape index (κ3) is 3.68. The molecule has 0 fully saturated rings. The molecule has 5 nitrogen and oxygen atoms in total. The van der Waals surface area contributed by atoms with Gasteiger partial charge in [-0.05, 0) is 11.6 Å². The minimum atomic E-state index is -0.429. The second kappa shape index (κ2) is 5.85. The smallest absolute Gasteiger partial charge is 0.325 e. The predicted octanol–water partition coefficient (Wildman–Crippen LogP) is 0.255.